The fraction of sp³-hybridized carbons (Fsp3) is 0.381. The predicted molar refractivity (Wildman–Crippen MR) is 109 cm³/mol. The molecule has 9 heteroatoms. The molecule has 0 radical (unpaired) electrons. The summed E-state index contributed by atoms with van der Waals surface area (Å²) in [7, 11) is 0. The second-order valence-electron chi connectivity index (χ2n) is 7.30. The van der Waals surface area contributed by atoms with Crippen LogP contribution in [-0.4, -0.2) is 39.1 Å². The third kappa shape index (κ3) is 4.91. The first-order valence-corrected chi connectivity index (χ1v) is 9.95. The number of carbonyl (C=O) groups excluding carboxylic acids is 1. The molecule has 0 bridgehead atoms. The van der Waals surface area contributed by atoms with Gasteiger partial charge in [-0.3, -0.25) is 9.78 Å². The lowest BCUT2D eigenvalue weighted by Gasteiger charge is -2.17. The lowest BCUT2D eigenvalue weighted by atomic mass is 10.2. The fourth-order valence-electron chi connectivity index (χ4n) is 3.31. The molecule has 3 aromatic rings. The van der Waals surface area contributed by atoms with Gasteiger partial charge in [0.15, 0.2) is 18.1 Å². The van der Waals surface area contributed by atoms with Crippen molar-refractivity contribution < 1.29 is 14.1 Å². The summed E-state index contributed by atoms with van der Waals surface area (Å²) in [6.07, 6.45) is 4.05. The lowest BCUT2D eigenvalue weighted by Crippen LogP contribution is -2.23. The number of ether oxygens (including phenoxy) is 1. The molecule has 9 nitrogen and oxygen atoms in total. The standard InChI is InChI=1S/C21H24N6O3/c1-14-9-16(5-6-22-14)12-23-20(28)18-11-17(30-26-18)13-29-21-24-15(2)10-19(25-21)27-7-3-4-8-27/h5-6,9-11H,3-4,7-8,12-13H2,1-2H3,(H,23,28). The molecule has 1 saturated heterocycles. The summed E-state index contributed by atoms with van der Waals surface area (Å²) in [5.41, 5.74) is 2.90. The van der Waals surface area contributed by atoms with Crippen LogP contribution < -0.4 is 15.0 Å². The number of nitrogens with zero attached hydrogens (tertiary/aromatic N) is 5. The Hall–Kier alpha value is -3.49. The molecular formula is C21H24N6O3. The molecule has 1 aliphatic heterocycles. The summed E-state index contributed by atoms with van der Waals surface area (Å²) in [5.74, 6) is 0.981. The Balaban J connectivity index is 1.34. The zero-order chi connectivity index (χ0) is 20.9. The molecule has 1 N–H and O–H groups in total. The maximum absolute atomic E-state index is 12.3. The third-order valence-electron chi connectivity index (χ3n) is 4.80. The first kappa shape index (κ1) is 19.8. The lowest BCUT2D eigenvalue weighted by molar-refractivity contribution is 0.0941. The zero-order valence-electron chi connectivity index (χ0n) is 17.1. The monoisotopic (exact) mass is 408 g/mol. The summed E-state index contributed by atoms with van der Waals surface area (Å²) in [6.45, 7) is 6.28. The number of rotatable bonds is 7. The van der Waals surface area contributed by atoms with E-state index in [1.54, 1.807) is 12.3 Å². The highest BCUT2D eigenvalue weighted by Crippen LogP contribution is 2.21. The van der Waals surface area contributed by atoms with Gasteiger partial charge in [-0.25, -0.2) is 4.98 Å². The Morgan fingerprint density at radius 1 is 1.17 bits per heavy atom. The first-order valence-electron chi connectivity index (χ1n) is 9.95. The molecule has 0 saturated carbocycles. The van der Waals surface area contributed by atoms with E-state index in [4.69, 9.17) is 9.26 Å². The molecule has 0 atom stereocenters. The highest BCUT2D eigenvalue weighted by molar-refractivity contribution is 5.92. The number of aromatic nitrogens is 4. The van der Waals surface area contributed by atoms with Gasteiger partial charge in [-0.15, -0.1) is 0 Å². The molecule has 30 heavy (non-hydrogen) atoms. The van der Waals surface area contributed by atoms with E-state index in [0.717, 1.165) is 35.9 Å². The van der Waals surface area contributed by atoms with E-state index in [-0.39, 0.29) is 24.2 Å². The molecule has 1 aliphatic rings. The number of hydrogen-bond acceptors (Lipinski definition) is 8. The highest BCUT2D eigenvalue weighted by Gasteiger charge is 2.17. The van der Waals surface area contributed by atoms with Gasteiger partial charge in [0.05, 0.1) is 0 Å². The van der Waals surface area contributed by atoms with E-state index >= 15 is 0 Å². The van der Waals surface area contributed by atoms with Gasteiger partial charge < -0.3 is 19.5 Å². The van der Waals surface area contributed by atoms with Crippen LogP contribution in [0.4, 0.5) is 5.82 Å². The van der Waals surface area contributed by atoms with Gasteiger partial charge in [-0.05, 0) is 44.4 Å². The Kier molecular flexibility index (Phi) is 5.87. The van der Waals surface area contributed by atoms with E-state index in [0.29, 0.717) is 12.3 Å². The summed E-state index contributed by atoms with van der Waals surface area (Å²) >= 11 is 0. The summed E-state index contributed by atoms with van der Waals surface area (Å²) < 4.78 is 10.9. The maximum Gasteiger partial charge on any atom is 0.319 e. The van der Waals surface area contributed by atoms with Crippen LogP contribution in [0.2, 0.25) is 0 Å². The summed E-state index contributed by atoms with van der Waals surface area (Å²) in [6, 6.07) is 7.57. The number of hydrogen-bond donors (Lipinski definition) is 1. The van der Waals surface area contributed by atoms with Crippen molar-refractivity contribution >= 4 is 11.7 Å². The second kappa shape index (κ2) is 8.89. The van der Waals surface area contributed by atoms with Gasteiger partial charge in [0, 0.05) is 49.4 Å². The molecule has 3 aromatic heterocycles. The van der Waals surface area contributed by atoms with Gasteiger partial charge >= 0.3 is 6.01 Å². The number of amides is 1. The van der Waals surface area contributed by atoms with Gasteiger partial charge in [0.25, 0.3) is 5.91 Å². The maximum atomic E-state index is 12.3. The highest BCUT2D eigenvalue weighted by atomic mass is 16.5. The zero-order valence-corrected chi connectivity index (χ0v) is 17.1. The Morgan fingerprint density at radius 3 is 2.80 bits per heavy atom. The average Bonchev–Trinajstić information content (AvgIpc) is 3.42. The minimum atomic E-state index is -0.317. The molecule has 4 rings (SSSR count). The summed E-state index contributed by atoms with van der Waals surface area (Å²) in [5, 5.41) is 6.64. The van der Waals surface area contributed by atoms with Crippen LogP contribution in [0.1, 0.15) is 46.0 Å². The van der Waals surface area contributed by atoms with E-state index < -0.39 is 0 Å². The number of nitrogens with one attached hydrogen (secondary N) is 1. The Labute approximate surface area is 174 Å². The van der Waals surface area contributed by atoms with Crippen LogP contribution in [0.15, 0.2) is 35.0 Å². The van der Waals surface area contributed by atoms with Gasteiger partial charge in [0.2, 0.25) is 0 Å². The molecule has 0 aliphatic carbocycles. The average molecular weight is 408 g/mol. The number of pyridine rings is 1. The van der Waals surface area contributed by atoms with Crippen LogP contribution in [0, 0.1) is 13.8 Å². The van der Waals surface area contributed by atoms with Crippen molar-refractivity contribution in [1.82, 2.24) is 25.4 Å². The molecule has 1 amide bonds. The van der Waals surface area contributed by atoms with Gasteiger partial charge in [-0.2, -0.15) is 4.98 Å². The van der Waals surface area contributed by atoms with E-state index in [9.17, 15) is 4.79 Å². The minimum Gasteiger partial charge on any atom is -0.455 e. The van der Waals surface area contributed by atoms with Crippen molar-refractivity contribution in [2.24, 2.45) is 0 Å². The second-order valence-corrected chi connectivity index (χ2v) is 7.30. The van der Waals surface area contributed by atoms with Crippen LogP contribution >= 0.6 is 0 Å². The minimum absolute atomic E-state index is 0.0900. The van der Waals surface area contributed by atoms with E-state index in [1.807, 2.05) is 32.0 Å². The SMILES string of the molecule is Cc1cc(CNC(=O)c2cc(COc3nc(C)cc(N4CCCC4)n3)on2)ccn1. The first-order chi connectivity index (χ1) is 14.6. The quantitative estimate of drug-likeness (QED) is 0.636. The van der Waals surface area contributed by atoms with Crippen molar-refractivity contribution in [3.05, 3.63) is 58.9 Å². The molecule has 1 fully saturated rings. The fourth-order valence-corrected chi connectivity index (χ4v) is 3.31. The molecule has 0 unspecified atom stereocenters. The van der Waals surface area contributed by atoms with Crippen LogP contribution in [0.5, 0.6) is 6.01 Å². The Bertz CT molecular complexity index is 1030. The topological polar surface area (TPSA) is 106 Å². The predicted octanol–water partition coefficient (Wildman–Crippen LogP) is 2.59. The normalized spacial score (nSPS) is 13.5. The molecule has 0 spiro atoms. The van der Waals surface area contributed by atoms with E-state index in [2.05, 4.69) is 30.3 Å². The third-order valence-corrected chi connectivity index (χ3v) is 4.80. The molecule has 4 heterocycles. The number of anilines is 1. The van der Waals surface area contributed by atoms with Crippen LogP contribution in [0.25, 0.3) is 0 Å². The summed E-state index contributed by atoms with van der Waals surface area (Å²) in [4.78, 5) is 27.5. The molecule has 156 valence electrons. The largest absolute Gasteiger partial charge is 0.455 e. The van der Waals surface area contributed by atoms with Crippen molar-refractivity contribution in [3.8, 4) is 6.01 Å². The van der Waals surface area contributed by atoms with E-state index in [1.165, 1.54) is 12.8 Å². The van der Waals surface area contributed by atoms with Crippen molar-refractivity contribution in [2.45, 2.75) is 39.8 Å². The van der Waals surface area contributed by atoms with Crippen LogP contribution in [0.3, 0.4) is 0 Å². The van der Waals surface area contributed by atoms with Crippen molar-refractivity contribution in [3.63, 3.8) is 0 Å². The van der Waals surface area contributed by atoms with Crippen molar-refractivity contribution in [2.75, 3.05) is 18.0 Å². The number of aryl methyl sites for hydroxylation is 2. The smallest absolute Gasteiger partial charge is 0.319 e. The van der Waals surface area contributed by atoms with Crippen molar-refractivity contribution in [1.29, 1.82) is 0 Å². The van der Waals surface area contributed by atoms with Crippen LogP contribution in [-0.2, 0) is 13.2 Å². The number of carbonyl (C=O) groups is 1. The molecular weight excluding hydrogens is 384 g/mol. The Morgan fingerprint density at radius 2 is 2.00 bits per heavy atom. The van der Waals surface area contributed by atoms with Gasteiger partial charge in [-0.1, -0.05) is 5.16 Å². The van der Waals surface area contributed by atoms with Gasteiger partial charge in [0.1, 0.15) is 5.82 Å². The molecule has 0 aromatic carbocycles.